The highest BCUT2D eigenvalue weighted by Gasteiger charge is 2.34. The van der Waals surface area contributed by atoms with Crippen LogP contribution in [0.2, 0.25) is 0 Å². The van der Waals surface area contributed by atoms with E-state index in [2.05, 4.69) is 0 Å². The summed E-state index contributed by atoms with van der Waals surface area (Å²) in [6.07, 6.45) is 0. The second kappa shape index (κ2) is 4.16. The Balaban J connectivity index is 2.26. The Hall–Kier alpha value is -1.69. The van der Waals surface area contributed by atoms with Crippen molar-refractivity contribution in [1.29, 1.82) is 0 Å². The van der Waals surface area contributed by atoms with Gasteiger partial charge in [0.25, 0.3) is 10.2 Å². The molecule has 1 aliphatic rings. The molecule has 0 heterocycles. The van der Waals surface area contributed by atoms with Gasteiger partial charge < -0.3 is 0 Å². The Bertz CT molecular complexity index is 695. The highest BCUT2D eigenvalue weighted by atomic mass is 32.2. The number of hydrogen-bond donors (Lipinski definition) is 1. The lowest BCUT2D eigenvalue weighted by Gasteiger charge is -2.23. The van der Waals surface area contributed by atoms with Crippen molar-refractivity contribution in [3.05, 3.63) is 59.7 Å². The van der Waals surface area contributed by atoms with Gasteiger partial charge in [0.15, 0.2) is 0 Å². The van der Waals surface area contributed by atoms with Crippen LogP contribution >= 0.6 is 0 Å². The quantitative estimate of drug-likeness (QED) is 0.909. The first-order valence-electron chi connectivity index (χ1n) is 5.94. The molecule has 0 radical (unpaired) electrons. The minimum Gasteiger partial charge on any atom is -0.216 e. The summed E-state index contributed by atoms with van der Waals surface area (Å²) in [6.45, 7) is 0. The maximum Gasteiger partial charge on any atom is 0.277 e. The van der Waals surface area contributed by atoms with Crippen LogP contribution in [0.15, 0.2) is 48.5 Å². The third-order valence-electron chi connectivity index (χ3n) is 3.57. The molecule has 3 rings (SSSR count). The largest absolute Gasteiger partial charge is 0.277 e. The van der Waals surface area contributed by atoms with Crippen molar-refractivity contribution in [1.82, 2.24) is 4.31 Å². The van der Waals surface area contributed by atoms with Crippen molar-refractivity contribution in [3.8, 4) is 11.1 Å². The molecule has 0 saturated carbocycles. The van der Waals surface area contributed by atoms with Gasteiger partial charge in [-0.3, -0.25) is 0 Å². The topological polar surface area (TPSA) is 63.4 Å². The summed E-state index contributed by atoms with van der Waals surface area (Å²) < 4.78 is 24.5. The average Bonchev–Trinajstić information content (AvgIpc) is 2.71. The lowest BCUT2D eigenvalue weighted by molar-refractivity contribution is 0.424. The van der Waals surface area contributed by atoms with Crippen LogP contribution in [0.1, 0.15) is 17.2 Å². The Morgan fingerprint density at radius 2 is 1.37 bits per heavy atom. The maximum absolute atomic E-state index is 11.6. The molecule has 2 aromatic carbocycles. The van der Waals surface area contributed by atoms with Gasteiger partial charge in [0.05, 0.1) is 6.04 Å². The van der Waals surface area contributed by atoms with E-state index in [-0.39, 0.29) is 6.04 Å². The number of rotatable bonds is 2. The van der Waals surface area contributed by atoms with Crippen molar-refractivity contribution in [2.24, 2.45) is 5.14 Å². The third kappa shape index (κ3) is 1.87. The van der Waals surface area contributed by atoms with Gasteiger partial charge in [-0.1, -0.05) is 48.5 Å². The molecular formula is C14H14N2O2S. The fraction of sp³-hybridized carbons (Fsp3) is 0.143. The molecule has 0 saturated heterocycles. The molecule has 2 N–H and O–H groups in total. The van der Waals surface area contributed by atoms with E-state index in [0.717, 1.165) is 22.3 Å². The van der Waals surface area contributed by atoms with Crippen LogP contribution in [-0.4, -0.2) is 19.8 Å². The number of benzene rings is 2. The van der Waals surface area contributed by atoms with Crippen molar-refractivity contribution < 1.29 is 8.42 Å². The maximum atomic E-state index is 11.6. The first kappa shape index (κ1) is 12.3. The minimum absolute atomic E-state index is 0.345. The third-order valence-corrected chi connectivity index (χ3v) is 4.58. The van der Waals surface area contributed by atoms with Gasteiger partial charge >= 0.3 is 0 Å². The van der Waals surface area contributed by atoms with Crippen molar-refractivity contribution in [3.63, 3.8) is 0 Å². The summed E-state index contributed by atoms with van der Waals surface area (Å²) in [7, 11) is -2.23. The van der Waals surface area contributed by atoms with E-state index in [0.29, 0.717) is 0 Å². The average molecular weight is 274 g/mol. The highest BCUT2D eigenvalue weighted by Crippen LogP contribution is 2.45. The molecule has 0 bridgehead atoms. The summed E-state index contributed by atoms with van der Waals surface area (Å²) >= 11 is 0. The van der Waals surface area contributed by atoms with Crippen LogP contribution in [0, 0.1) is 0 Å². The predicted molar refractivity (Wildman–Crippen MR) is 74.6 cm³/mol. The molecule has 19 heavy (non-hydrogen) atoms. The molecule has 0 atom stereocenters. The lowest BCUT2D eigenvalue weighted by Crippen LogP contribution is -2.36. The van der Waals surface area contributed by atoms with Crippen LogP contribution in [0.25, 0.3) is 11.1 Å². The van der Waals surface area contributed by atoms with Gasteiger partial charge in [0, 0.05) is 7.05 Å². The molecule has 1 aliphatic carbocycles. The highest BCUT2D eigenvalue weighted by molar-refractivity contribution is 7.86. The van der Waals surface area contributed by atoms with Gasteiger partial charge in [-0.2, -0.15) is 12.7 Å². The molecule has 2 aromatic rings. The molecule has 0 spiro atoms. The molecule has 0 fully saturated rings. The van der Waals surface area contributed by atoms with Crippen LogP contribution in [0.3, 0.4) is 0 Å². The summed E-state index contributed by atoms with van der Waals surface area (Å²) in [5.41, 5.74) is 4.08. The Morgan fingerprint density at radius 1 is 0.947 bits per heavy atom. The van der Waals surface area contributed by atoms with Gasteiger partial charge in [-0.05, 0) is 22.3 Å². The summed E-state index contributed by atoms with van der Waals surface area (Å²) in [6, 6.07) is 15.3. The van der Waals surface area contributed by atoms with E-state index in [9.17, 15) is 8.42 Å². The van der Waals surface area contributed by atoms with E-state index in [4.69, 9.17) is 5.14 Å². The fourth-order valence-electron chi connectivity index (χ4n) is 2.67. The van der Waals surface area contributed by atoms with E-state index >= 15 is 0 Å². The van der Waals surface area contributed by atoms with Gasteiger partial charge in [-0.25, -0.2) is 5.14 Å². The predicted octanol–water partition coefficient (Wildman–Crippen LogP) is 1.89. The first-order valence-corrected chi connectivity index (χ1v) is 7.44. The van der Waals surface area contributed by atoms with E-state index < -0.39 is 10.2 Å². The van der Waals surface area contributed by atoms with E-state index in [1.54, 1.807) is 0 Å². The number of nitrogens with zero attached hydrogens (tertiary/aromatic N) is 1. The fourth-order valence-corrected chi connectivity index (χ4v) is 3.19. The number of fused-ring (bicyclic) bond motifs is 3. The Kier molecular flexibility index (Phi) is 2.70. The number of nitrogens with two attached hydrogens (primary N) is 1. The molecule has 4 nitrogen and oxygen atoms in total. The van der Waals surface area contributed by atoms with Crippen LogP contribution in [-0.2, 0) is 10.2 Å². The van der Waals surface area contributed by atoms with E-state index in [1.807, 2.05) is 48.5 Å². The Morgan fingerprint density at radius 3 is 1.79 bits per heavy atom. The zero-order valence-corrected chi connectivity index (χ0v) is 11.3. The molecule has 98 valence electrons. The summed E-state index contributed by atoms with van der Waals surface area (Å²) in [5.74, 6) is 0. The normalized spacial score (nSPS) is 14.5. The molecular weight excluding hydrogens is 260 g/mol. The van der Waals surface area contributed by atoms with Crippen molar-refractivity contribution in [2.75, 3.05) is 7.05 Å². The monoisotopic (exact) mass is 274 g/mol. The standard InChI is InChI=1S/C14H14N2O2S/c1-16(19(15,17)18)14-12-8-4-2-6-10(12)11-7-3-5-9-13(11)14/h2-9,14H,1H3,(H2,15,17,18). The van der Waals surface area contributed by atoms with Crippen LogP contribution in [0.5, 0.6) is 0 Å². The second-order valence-electron chi connectivity index (χ2n) is 4.64. The zero-order valence-electron chi connectivity index (χ0n) is 10.4. The first-order chi connectivity index (χ1) is 9.00. The van der Waals surface area contributed by atoms with Crippen molar-refractivity contribution >= 4 is 10.2 Å². The van der Waals surface area contributed by atoms with E-state index in [1.165, 1.54) is 11.4 Å². The number of hydrogen-bond acceptors (Lipinski definition) is 2. The summed E-state index contributed by atoms with van der Waals surface area (Å²) in [5, 5.41) is 5.27. The smallest absolute Gasteiger partial charge is 0.216 e. The minimum atomic E-state index is -3.74. The zero-order chi connectivity index (χ0) is 13.6. The molecule has 0 aromatic heterocycles. The molecule has 0 unspecified atom stereocenters. The van der Waals surface area contributed by atoms with Crippen molar-refractivity contribution in [2.45, 2.75) is 6.04 Å². The van der Waals surface area contributed by atoms with Crippen LogP contribution in [0.4, 0.5) is 0 Å². The van der Waals surface area contributed by atoms with Gasteiger partial charge in [0.2, 0.25) is 0 Å². The van der Waals surface area contributed by atoms with Gasteiger partial charge in [0.1, 0.15) is 0 Å². The second-order valence-corrected chi connectivity index (χ2v) is 6.24. The lowest BCUT2D eigenvalue weighted by atomic mass is 10.1. The van der Waals surface area contributed by atoms with Crippen LogP contribution < -0.4 is 5.14 Å². The summed E-state index contributed by atoms with van der Waals surface area (Å²) in [4.78, 5) is 0. The molecule has 5 heteroatoms. The molecule has 0 aliphatic heterocycles. The Labute approximate surface area is 112 Å². The van der Waals surface area contributed by atoms with Gasteiger partial charge in [-0.15, -0.1) is 0 Å². The SMILES string of the molecule is CN(C1c2ccccc2-c2ccccc21)S(N)(=O)=O. The molecule has 0 amide bonds.